The molecule has 0 aromatic carbocycles. The minimum absolute atomic E-state index is 0.0938. The Morgan fingerprint density at radius 1 is 1.44 bits per heavy atom. The number of alkyl halides is 1. The minimum atomic E-state index is -0.573. The third-order valence-electron chi connectivity index (χ3n) is 2.40. The summed E-state index contributed by atoms with van der Waals surface area (Å²) >= 11 is 0. The fraction of sp³-hybridized carbons (Fsp3) is 0.636. The fourth-order valence-electron chi connectivity index (χ4n) is 1.59. The molecule has 0 aliphatic rings. The number of nitrogens with one attached hydrogen (secondary N) is 2. The molecule has 1 aromatic rings. The number of halogens is 1. The van der Waals surface area contributed by atoms with Crippen LogP contribution in [0.25, 0.3) is 0 Å². The Hall–Kier alpha value is -1.79. The van der Waals surface area contributed by atoms with Gasteiger partial charge in [0.15, 0.2) is 0 Å². The molecular weight excluding hydrogens is 239 g/mol. The van der Waals surface area contributed by atoms with Crippen LogP contribution in [0.3, 0.4) is 0 Å². The maximum absolute atomic E-state index is 12.0. The van der Waals surface area contributed by atoms with Gasteiger partial charge in [0.1, 0.15) is 11.5 Å². The Morgan fingerprint density at radius 3 is 2.67 bits per heavy atom. The van der Waals surface area contributed by atoms with Gasteiger partial charge < -0.3 is 11.1 Å². The molecule has 7 heteroatoms. The predicted octanol–water partition coefficient (Wildman–Crippen LogP) is 0.546. The lowest BCUT2D eigenvalue weighted by Crippen LogP contribution is -2.35. The van der Waals surface area contributed by atoms with Crippen molar-refractivity contribution in [2.75, 3.05) is 24.3 Å². The zero-order valence-corrected chi connectivity index (χ0v) is 10.6. The molecule has 0 aliphatic carbocycles. The van der Waals surface area contributed by atoms with Gasteiger partial charge in [0.05, 0.1) is 6.67 Å². The lowest BCUT2D eigenvalue weighted by Gasteiger charge is -2.15. The molecule has 4 N–H and O–H groups in total. The predicted molar refractivity (Wildman–Crippen MR) is 69.7 cm³/mol. The summed E-state index contributed by atoms with van der Waals surface area (Å²) < 4.78 is 13.3. The molecule has 0 spiro atoms. The van der Waals surface area contributed by atoms with E-state index in [1.807, 2.05) is 13.8 Å². The zero-order valence-electron chi connectivity index (χ0n) is 10.6. The molecule has 1 rings (SSSR count). The van der Waals surface area contributed by atoms with Crippen LogP contribution in [0.15, 0.2) is 9.59 Å². The average molecular weight is 258 g/mol. The highest BCUT2D eigenvalue weighted by Crippen LogP contribution is 2.11. The molecule has 102 valence electrons. The monoisotopic (exact) mass is 258 g/mol. The number of H-pyrrole nitrogens is 1. The first-order valence-corrected chi connectivity index (χ1v) is 5.89. The lowest BCUT2D eigenvalue weighted by molar-refractivity contribution is 0.480. The van der Waals surface area contributed by atoms with Crippen molar-refractivity contribution in [3.8, 4) is 0 Å². The van der Waals surface area contributed by atoms with Crippen molar-refractivity contribution >= 4 is 11.5 Å². The highest BCUT2D eigenvalue weighted by atomic mass is 19.1. The van der Waals surface area contributed by atoms with Crippen molar-refractivity contribution in [2.24, 2.45) is 5.92 Å². The van der Waals surface area contributed by atoms with Gasteiger partial charge in [-0.1, -0.05) is 13.8 Å². The summed E-state index contributed by atoms with van der Waals surface area (Å²) in [5.74, 6) is 0.311. The number of anilines is 2. The summed E-state index contributed by atoms with van der Waals surface area (Å²) in [6.45, 7) is 4.11. The van der Waals surface area contributed by atoms with Crippen LogP contribution in [0.2, 0.25) is 0 Å². The Kier molecular flexibility index (Phi) is 4.94. The number of nitrogens with zero attached hydrogens (tertiary/aromatic N) is 1. The van der Waals surface area contributed by atoms with Crippen LogP contribution in [0.1, 0.15) is 20.3 Å². The van der Waals surface area contributed by atoms with Gasteiger partial charge in [0.2, 0.25) is 0 Å². The summed E-state index contributed by atoms with van der Waals surface area (Å²) in [7, 11) is 0. The topological polar surface area (TPSA) is 92.9 Å². The van der Waals surface area contributed by atoms with Gasteiger partial charge in [0.25, 0.3) is 5.56 Å². The Bertz CT molecular complexity index is 507. The number of aromatic nitrogens is 2. The second kappa shape index (κ2) is 6.23. The van der Waals surface area contributed by atoms with E-state index in [2.05, 4.69) is 10.3 Å². The van der Waals surface area contributed by atoms with E-state index in [9.17, 15) is 14.0 Å². The molecular formula is C11H19FN4O2. The number of nitrogens with two attached hydrogens (primary N) is 1. The van der Waals surface area contributed by atoms with E-state index in [4.69, 9.17) is 5.73 Å². The standard InChI is InChI=1S/C11H19FN4O2/c1-7(2)6-16-9(13)8(14-5-3-4-12)10(17)15-11(16)18/h7,14H,3-6,13H2,1-2H3,(H,15,17,18). The molecule has 0 atom stereocenters. The number of aromatic amines is 1. The molecule has 1 aromatic heterocycles. The maximum Gasteiger partial charge on any atom is 0.330 e. The molecule has 0 aliphatic heterocycles. The van der Waals surface area contributed by atoms with E-state index < -0.39 is 17.9 Å². The van der Waals surface area contributed by atoms with Crippen LogP contribution in [0.4, 0.5) is 15.9 Å². The van der Waals surface area contributed by atoms with Crippen molar-refractivity contribution in [3.05, 3.63) is 20.8 Å². The van der Waals surface area contributed by atoms with Crippen LogP contribution in [-0.4, -0.2) is 22.8 Å². The molecule has 0 radical (unpaired) electrons. The van der Waals surface area contributed by atoms with E-state index in [0.29, 0.717) is 13.1 Å². The zero-order chi connectivity index (χ0) is 13.7. The van der Waals surface area contributed by atoms with Crippen LogP contribution >= 0.6 is 0 Å². The van der Waals surface area contributed by atoms with Gasteiger partial charge in [-0.3, -0.25) is 18.7 Å². The second-order valence-electron chi connectivity index (χ2n) is 4.49. The molecule has 0 unspecified atom stereocenters. The minimum Gasteiger partial charge on any atom is -0.383 e. The van der Waals surface area contributed by atoms with E-state index >= 15 is 0 Å². The number of hydrogen-bond donors (Lipinski definition) is 3. The van der Waals surface area contributed by atoms with E-state index in [1.54, 1.807) is 0 Å². The Morgan fingerprint density at radius 2 is 2.11 bits per heavy atom. The van der Waals surface area contributed by atoms with Gasteiger partial charge in [-0.2, -0.15) is 0 Å². The third kappa shape index (κ3) is 3.35. The largest absolute Gasteiger partial charge is 0.383 e. The second-order valence-corrected chi connectivity index (χ2v) is 4.49. The molecule has 0 bridgehead atoms. The van der Waals surface area contributed by atoms with Crippen molar-refractivity contribution in [3.63, 3.8) is 0 Å². The van der Waals surface area contributed by atoms with Crippen molar-refractivity contribution in [1.82, 2.24) is 9.55 Å². The van der Waals surface area contributed by atoms with Crippen LogP contribution < -0.4 is 22.3 Å². The van der Waals surface area contributed by atoms with E-state index in [0.717, 1.165) is 0 Å². The first-order chi connectivity index (χ1) is 8.47. The quantitative estimate of drug-likeness (QED) is 0.649. The summed E-state index contributed by atoms with van der Waals surface area (Å²) in [5.41, 5.74) is 4.83. The SMILES string of the molecule is CC(C)Cn1c(N)c(NCCCF)c(=O)[nH]c1=O. The normalized spacial score (nSPS) is 10.9. The average Bonchev–Trinajstić information content (AvgIpc) is 2.28. The number of rotatable bonds is 6. The van der Waals surface area contributed by atoms with Gasteiger partial charge in [-0.25, -0.2) is 4.79 Å². The maximum atomic E-state index is 12.0. The van der Waals surface area contributed by atoms with Crippen molar-refractivity contribution < 1.29 is 4.39 Å². The van der Waals surface area contributed by atoms with Crippen molar-refractivity contribution in [2.45, 2.75) is 26.8 Å². The van der Waals surface area contributed by atoms with Crippen LogP contribution in [0, 0.1) is 5.92 Å². The highest BCUT2D eigenvalue weighted by Gasteiger charge is 2.12. The van der Waals surface area contributed by atoms with E-state index in [-0.39, 0.29) is 23.8 Å². The fourth-order valence-corrected chi connectivity index (χ4v) is 1.59. The molecule has 0 amide bonds. The molecule has 0 fully saturated rings. The molecule has 18 heavy (non-hydrogen) atoms. The smallest absolute Gasteiger partial charge is 0.330 e. The third-order valence-corrected chi connectivity index (χ3v) is 2.40. The van der Waals surface area contributed by atoms with Crippen LogP contribution in [0.5, 0.6) is 0 Å². The molecule has 1 heterocycles. The molecule has 0 saturated heterocycles. The number of hydrogen-bond acceptors (Lipinski definition) is 4. The Labute approximate surface area is 104 Å². The van der Waals surface area contributed by atoms with Gasteiger partial charge in [0, 0.05) is 13.1 Å². The van der Waals surface area contributed by atoms with Gasteiger partial charge >= 0.3 is 5.69 Å². The lowest BCUT2D eigenvalue weighted by atomic mass is 10.2. The van der Waals surface area contributed by atoms with E-state index in [1.165, 1.54) is 4.57 Å². The van der Waals surface area contributed by atoms with Crippen LogP contribution in [-0.2, 0) is 6.54 Å². The first kappa shape index (κ1) is 14.3. The molecule has 6 nitrogen and oxygen atoms in total. The van der Waals surface area contributed by atoms with Crippen molar-refractivity contribution in [1.29, 1.82) is 0 Å². The summed E-state index contributed by atoms with van der Waals surface area (Å²) in [5, 5.41) is 2.75. The summed E-state index contributed by atoms with van der Waals surface area (Å²) in [6.07, 6.45) is 0.280. The van der Waals surface area contributed by atoms with Gasteiger partial charge in [-0.05, 0) is 12.3 Å². The molecule has 0 saturated carbocycles. The summed E-state index contributed by atoms with van der Waals surface area (Å²) in [4.78, 5) is 25.4. The Balaban J connectivity index is 3.10. The number of nitrogen functional groups attached to an aromatic ring is 1. The van der Waals surface area contributed by atoms with Gasteiger partial charge in [-0.15, -0.1) is 0 Å². The first-order valence-electron chi connectivity index (χ1n) is 5.89. The highest BCUT2D eigenvalue weighted by molar-refractivity contribution is 5.60. The summed E-state index contributed by atoms with van der Waals surface area (Å²) in [6, 6.07) is 0.